The number of fused-ring (bicyclic) bond motifs is 3. The first-order chi connectivity index (χ1) is 13.6. The van der Waals surface area contributed by atoms with Crippen molar-refractivity contribution in [3.8, 4) is 0 Å². The number of nitrogens with zero attached hydrogens (tertiary/aromatic N) is 6. The van der Waals surface area contributed by atoms with Crippen molar-refractivity contribution in [1.29, 1.82) is 0 Å². The lowest BCUT2D eigenvalue weighted by Gasteiger charge is -2.28. The lowest BCUT2D eigenvalue weighted by molar-refractivity contribution is -0.0108. The van der Waals surface area contributed by atoms with Crippen LogP contribution in [0.2, 0.25) is 0 Å². The molecule has 1 aliphatic rings. The minimum Gasteiger partial charge on any atom is -0.438 e. The normalized spacial score (nSPS) is 16.1. The van der Waals surface area contributed by atoms with Crippen LogP contribution in [0.3, 0.4) is 0 Å². The molecule has 142 valence electrons. The standard InChI is InChI=1S/C19H18N6O2S/c1-11-4-3-5-12(22-11)10-25-19(26)16-14(9-20-25)17-18(24(16)2)23-15(27-17)8-13-6-7-21-28-13/h3-7,9,19,26H,8,10H2,1-2H3. The summed E-state index contributed by atoms with van der Waals surface area (Å²) < 4.78 is 12.0. The number of aliphatic hydroxyl groups is 1. The Balaban J connectivity index is 1.47. The Labute approximate surface area is 164 Å². The van der Waals surface area contributed by atoms with E-state index < -0.39 is 6.23 Å². The summed E-state index contributed by atoms with van der Waals surface area (Å²) in [5, 5.41) is 17.0. The maximum absolute atomic E-state index is 10.9. The number of hydrazone groups is 1. The van der Waals surface area contributed by atoms with Gasteiger partial charge in [0.05, 0.1) is 36.1 Å². The zero-order valence-corrected chi connectivity index (χ0v) is 16.2. The molecule has 0 spiro atoms. The summed E-state index contributed by atoms with van der Waals surface area (Å²) in [5.41, 5.74) is 4.61. The highest BCUT2D eigenvalue weighted by Crippen LogP contribution is 2.34. The molecule has 1 N–H and O–H groups in total. The molecule has 1 atom stereocenters. The summed E-state index contributed by atoms with van der Waals surface area (Å²) >= 11 is 1.43. The number of rotatable bonds is 4. The molecular formula is C19H18N6O2S. The van der Waals surface area contributed by atoms with E-state index in [1.165, 1.54) is 11.5 Å². The van der Waals surface area contributed by atoms with Gasteiger partial charge in [0, 0.05) is 23.8 Å². The lowest BCUT2D eigenvalue weighted by atomic mass is 10.2. The minimum atomic E-state index is -0.901. The highest BCUT2D eigenvalue weighted by atomic mass is 32.1. The molecule has 5 rings (SSSR count). The first-order valence-corrected chi connectivity index (χ1v) is 9.66. The largest absolute Gasteiger partial charge is 0.438 e. The molecule has 0 bridgehead atoms. The Kier molecular flexibility index (Phi) is 3.99. The molecule has 0 aromatic carbocycles. The van der Waals surface area contributed by atoms with Gasteiger partial charge in [-0.25, -0.2) is 4.37 Å². The Morgan fingerprint density at radius 2 is 2.14 bits per heavy atom. The average molecular weight is 394 g/mol. The SMILES string of the molecule is Cc1cccc(CN2N=Cc3c(n(C)c4nc(Cc5ccns5)oc34)C2O)n1. The second-order valence-corrected chi connectivity index (χ2v) is 7.68. The van der Waals surface area contributed by atoms with Crippen LogP contribution < -0.4 is 0 Å². The van der Waals surface area contributed by atoms with E-state index in [9.17, 15) is 5.11 Å². The highest BCUT2D eigenvalue weighted by molar-refractivity contribution is 7.05. The van der Waals surface area contributed by atoms with Gasteiger partial charge in [-0.1, -0.05) is 6.07 Å². The van der Waals surface area contributed by atoms with E-state index in [0.29, 0.717) is 35.8 Å². The fourth-order valence-corrected chi connectivity index (χ4v) is 4.05. The molecule has 28 heavy (non-hydrogen) atoms. The van der Waals surface area contributed by atoms with E-state index in [4.69, 9.17) is 4.42 Å². The molecule has 0 amide bonds. The van der Waals surface area contributed by atoms with Crippen molar-refractivity contribution < 1.29 is 9.52 Å². The van der Waals surface area contributed by atoms with Gasteiger partial charge in [-0.05, 0) is 36.7 Å². The molecule has 0 radical (unpaired) electrons. The third kappa shape index (κ3) is 2.79. The molecule has 0 saturated heterocycles. The number of hydrogen-bond donors (Lipinski definition) is 1. The Hall–Kier alpha value is -3.04. The van der Waals surface area contributed by atoms with E-state index in [1.807, 2.05) is 42.8 Å². The minimum absolute atomic E-state index is 0.412. The van der Waals surface area contributed by atoms with Gasteiger partial charge in [-0.15, -0.1) is 0 Å². The van der Waals surface area contributed by atoms with Gasteiger partial charge in [0.1, 0.15) is 0 Å². The predicted molar refractivity (Wildman–Crippen MR) is 105 cm³/mol. The van der Waals surface area contributed by atoms with Crippen molar-refractivity contribution in [1.82, 2.24) is 23.9 Å². The van der Waals surface area contributed by atoms with Crippen LogP contribution in [-0.2, 0) is 20.0 Å². The second-order valence-electron chi connectivity index (χ2n) is 6.76. The maximum atomic E-state index is 10.9. The third-order valence-electron chi connectivity index (χ3n) is 4.80. The smallest absolute Gasteiger partial charge is 0.202 e. The van der Waals surface area contributed by atoms with Crippen LogP contribution in [0.15, 0.2) is 40.0 Å². The van der Waals surface area contributed by atoms with Crippen molar-refractivity contribution in [2.75, 3.05) is 0 Å². The summed E-state index contributed by atoms with van der Waals surface area (Å²) in [6.07, 6.45) is 3.19. The van der Waals surface area contributed by atoms with E-state index in [1.54, 1.807) is 17.4 Å². The van der Waals surface area contributed by atoms with E-state index in [-0.39, 0.29) is 0 Å². The van der Waals surface area contributed by atoms with Crippen LogP contribution in [0.1, 0.15) is 39.6 Å². The molecule has 0 aliphatic carbocycles. The van der Waals surface area contributed by atoms with E-state index in [2.05, 4.69) is 19.4 Å². The monoisotopic (exact) mass is 394 g/mol. The molecule has 8 nitrogen and oxygen atoms in total. The summed E-state index contributed by atoms with van der Waals surface area (Å²) in [6.45, 7) is 2.35. The van der Waals surface area contributed by atoms with Gasteiger partial charge in [-0.3, -0.25) is 9.99 Å². The molecule has 5 heterocycles. The summed E-state index contributed by atoms with van der Waals surface area (Å²) in [5.74, 6) is 0.627. The summed E-state index contributed by atoms with van der Waals surface area (Å²) in [4.78, 5) is 10.2. The number of hydrogen-bond acceptors (Lipinski definition) is 8. The molecule has 9 heteroatoms. The fourth-order valence-electron chi connectivity index (χ4n) is 3.48. The summed E-state index contributed by atoms with van der Waals surface area (Å²) in [7, 11) is 1.88. The lowest BCUT2D eigenvalue weighted by Crippen LogP contribution is -2.29. The molecule has 1 unspecified atom stereocenters. The zero-order valence-electron chi connectivity index (χ0n) is 15.4. The van der Waals surface area contributed by atoms with Gasteiger partial charge in [0.25, 0.3) is 0 Å². The van der Waals surface area contributed by atoms with Gasteiger partial charge < -0.3 is 14.1 Å². The quantitative estimate of drug-likeness (QED) is 0.572. The fraction of sp³-hybridized carbons (Fsp3) is 0.263. The maximum Gasteiger partial charge on any atom is 0.202 e. The number of aliphatic hydroxyl groups excluding tert-OH is 1. The van der Waals surface area contributed by atoms with Crippen molar-refractivity contribution in [3.05, 3.63) is 63.9 Å². The van der Waals surface area contributed by atoms with Gasteiger partial charge in [-0.2, -0.15) is 10.1 Å². The van der Waals surface area contributed by atoms with Crippen molar-refractivity contribution in [3.63, 3.8) is 0 Å². The van der Waals surface area contributed by atoms with Crippen LogP contribution in [0, 0.1) is 6.92 Å². The number of oxazole rings is 1. The van der Waals surface area contributed by atoms with Crippen LogP contribution in [-0.4, -0.2) is 35.2 Å². The number of aromatic nitrogens is 4. The topological polar surface area (TPSA) is 92.6 Å². The number of aryl methyl sites for hydroxylation is 2. The highest BCUT2D eigenvalue weighted by Gasteiger charge is 2.31. The molecular weight excluding hydrogens is 376 g/mol. The average Bonchev–Trinajstić information content (AvgIpc) is 3.37. The number of pyridine rings is 1. The van der Waals surface area contributed by atoms with Crippen molar-refractivity contribution in [2.45, 2.75) is 26.1 Å². The van der Waals surface area contributed by atoms with Gasteiger partial charge >= 0.3 is 0 Å². The third-order valence-corrected chi connectivity index (χ3v) is 5.54. The van der Waals surface area contributed by atoms with E-state index >= 15 is 0 Å². The zero-order chi connectivity index (χ0) is 19.3. The Morgan fingerprint density at radius 3 is 2.93 bits per heavy atom. The van der Waals surface area contributed by atoms with E-state index in [0.717, 1.165) is 21.8 Å². The Bertz CT molecular complexity index is 1180. The van der Waals surface area contributed by atoms with Crippen LogP contribution in [0.4, 0.5) is 0 Å². The van der Waals surface area contributed by atoms with Crippen molar-refractivity contribution >= 4 is 29.0 Å². The molecule has 0 fully saturated rings. The van der Waals surface area contributed by atoms with Gasteiger partial charge in [0.2, 0.25) is 5.89 Å². The molecule has 0 saturated carbocycles. The van der Waals surface area contributed by atoms with Crippen molar-refractivity contribution in [2.24, 2.45) is 12.1 Å². The van der Waals surface area contributed by atoms with Crippen LogP contribution in [0.25, 0.3) is 11.2 Å². The van der Waals surface area contributed by atoms with Crippen LogP contribution >= 0.6 is 11.5 Å². The molecule has 4 aromatic rings. The second kappa shape index (κ2) is 6.54. The Morgan fingerprint density at radius 1 is 1.25 bits per heavy atom. The molecule has 4 aromatic heterocycles. The predicted octanol–water partition coefficient (Wildman–Crippen LogP) is 2.76. The van der Waals surface area contributed by atoms with Gasteiger partial charge in [0.15, 0.2) is 17.5 Å². The molecule has 1 aliphatic heterocycles. The summed E-state index contributed by atoms with van der Waals surface area (Å²) in [6, 6.07) is 7.78. The first kappa shape index (κ1) is 17.1. The first-order valence-electron chi connectivity index (χ1n) is 8.89. The van der Waals surface area contributed by atoms with Crippen LogP contribution in [0.5, 0.6) is 0 Å².